The van der Waals surface area contributed by atoms with Crippen molar-refractivity contribution in [3.8, 4) is 0 Å². The van der Waals surface area contributed by atoms with Gasteiger partial charge >= 0.3 is 0 Å². The van der Waals surface area contributed by atoms with Gasteiger partial charge in [-0.15, -0.1) is 37.2 Å². The van der Waals surface area contributed by atoms with Gasteiger partial charge in [-0.1, -0.05) is 29.8 Å². The molecule has 7 heteroatoms. The minimum atomic E-state index is 0. The van der Waals surface area contributed by atoms with Crippen LogP contribution in [0.2, 0.25) is 5.02 Å². The minimum absolute atomic E-state index is 0. The molecule has 0 spiro atoms. The monoisotopic (exact) mass is 365 g/mol. The number of hydrogen-bond acceptors (Lipinski definition) is 2. The third-order valence-corrected chi connectivity index (χ3v) is 3.31. The summed E-state index contributed by atoms with van der Waals surface area (Å²) in [6, 6.07) is 13.6. The van der Waals surface area contributed by atoms with Gasteiger partial charge in [0.1, 0.15) is 0 Å². The fourth-order valence-electron chi connectivity index (χ4n) is 2.02. The molecule has 0 unspecified atom stereocenters. The Kier molecular flexibility index (Phi) is 7.90. The molecule has 0 saturated heterocycles. The first-order valence-corrected chi connectivity index (χ1v) is 6.05. The van der Waals surface area contributed by atoms with Crippen molar-refractivity contribution in [3.63, 3.8) is 0 Å². The average molecular weight is 367 g/mol. The Morgan fingerprint density at radius 2 is 1.76 bits per heavy atom. The van der Waals surface area contributed by atoms with E-state index in [-0.39, 0.29) is 37.2 Å². The number of anilines is 1. The van der Waals surface area contributed by atoms with E-state index in [2.05, 4.69) is 9.55 Å². The topological polar surface area (TPSA) is 43.8 Å². The van der Waals surface area contributed by atoms with Crippen molar-refractivity contribution in [1.29, 1.82) is 0 Å². The number of rotatable bonds is 2. The van der Waals surface area contributed by atoms with Crippen LogP contribution in [0.5, 0.6) is 0 Å². The Hall–Kier alpha value is -1.13. The molecule has 0 bridgehead atoms. The van der Waals surface area contributed by atoms with Gasteiger partial charge < -0.3 is 10.3 Å². The van der Waals surface area contributed by atoms with Crippen LogP contribution in [0.4, 0.5) is 5.69 Å². The molecule has 0 aliphatic carbocycles. The fraction of sp³-hybridized carbons (Fsp3) is 0.0714. The van der Waals surface area contributed by atoms with E-state index >= 15 is 0 Å². The molecule has 2 N–H and O–H groups in total. The van der Waals surface area contributed by atoms with Crippen molar-refractivity contribution in [3.05, 3.63) is 59.4 Å². The third-order valence-electron chi connectivity index (χ3n) is 2.94. The summed E-state index contributed by atoms with van der Waals surface area (Å²) >= 11 is 6.16. The Balaban J connectivity index is 0.00000133. The number of nitrogens with zero attached hydrogens (tertiary/aromatic N) is 2. The summed E-state index contributed by atoms with van der Waals surface area (Å²) in [4.78, 5) is 4.35. The van der Waals surface area contributed by atoms with Gasteiger partial charge in [0.25, 0.3) is 0 Å². The summed E-state index contributed by atoms with van der Waals surface area (Å²) in [5.41, 5.74) is 9.51. The van der Waals surface area contributed by atoms with Crippen molar-refractivity contribution in [2.24, 2.45) is 0 Å². The molecule has 0 fully saturated rings. The first kappa shape index (κ1) is 19.9. The Morgan fingerprint density at radius 1 is 1.05 bits per heavy atom. The summed E-state index contributed by atoms with van der Waals surface area (Å²) in [5, 5.41) is 0.773. The van der Waals surface area contributed by atoms with Crippen LogP contribution in [0.15, 0.2) is 48.8 Å². The first-order valence-electron chi connectivity index (χ1n) is 5.68. The molecule has 0 atom stereocenters. The van der Waals surface area contributed by atoms with Gasteiger partial charge in [-0.25, -0.2) is 4.98 Å². The van der Waals surface area contributed by atoms with E-state index in [0.717, 1.165) is 27.3 Å². The van der Waals surface area contributed by atoms with Crippen molar-refractivity contribution in [1.82, 2.24) is 9.55 Å². The van der Waals surface area contributed by atoms with Crippen LogP contribution < -0.4 is 5.73 Å². The lowest BCUT2D eigenvalue weighted by molar-refractivity contribution is 0.825. The molecule has 1 aromatic heterocycles. The van der Waals surface area contributed by atoms with Gasteiger partial charge in [-0.2, -0.15) is 0 Å². The fourth-order valence-corrected chi connectivity index (χ4v) is 2.21. The largest absolute Gasteiger partial charge is 0.399 e. The predicted octanol–water partition coefficient (Wildman–Crippen LogP) is 4.59. The standard InChI is InChI=1S/C14H12ClN3.3ClH/c15-12-4-2-1-3-10(12)8-18-9-17-13-7-11(16)5-6-14(13)18;;;/h1-7,9H,8,16H2;3*1H. The van der Waals surface area contributed by atoms with E-state index in [1.165, 1.54) is 0 Å². The highest BCUT2D eigenvalue weighted by Gasteiger charge is 2.05. The molecule has 0 aliphatic heterocycles. The highest BCUT2D eigenvalue weighted by molar-refractivity contribution is 6.31. The average Bonchev–Trinajstić information content (AvgIpc) is 2.74. The van der Waals surface area contributed by atoms with E-state index in [4.69, 9.17) is 17.3 Å². The minimum Gasteiger partial charge on any atom is -0.399 e. The Morgan fingerprint density at radius 3 is 2.48 bits per heavy atom. The van der Waals surface area contributed by atoms with Crippen LogP contribution in [0.25, 0.3) is 11.0 Å². The molecule has 2 aromatic carbocycles. The maximum Gasteiger partial charge on any atom is 0.0961 e. The summed E-state index contributed by atoms with van der Waals surface area (Å²) in [6.07, 6.45) is 1.81. The number of fused-ring (bicyclic) bond motifs is 1. The molecule has 114 valence electrons. The zero-order valence-corrected chi connectivity index (χ0v) is 14.1. The van der Waals surface area contributed by atoms with Crippen LogP contribution in [-0.4, -0.2) is 9.55 Å². The van der Waals surface area contributed by atoms with E-state index in [9.17, 15) is 0 Å². The van der Waals surface area contributed by atoms with E-state index < -0.39 is 0 Å². The second kappa shape index (κ2) is 8.35. The van der Waals surface area contributed by atoms with Crippen molar-refractivity contribution in [2.45, 2.75) is 6.54 Å². The van der Waals surface area contributed by atoms with E-state index in [1.807, 2.05) is 48.8 Å². The van der Waals surface area contributed by atoms with Crippen molar-refractivity contribution < 1.29 is 0 Å². The Labute approximate surface area is 146 Å². The number of nitrogens with two attached hydrogens (primary N) is 1. The lowest BCUT2D eigenvalue weighted by Gasteiger charge is -2.06. The Bertz CT molecular complexity index is 712. The second-order valence-electron chi connectivity index (χ2n) is 4.21. The maximum absolute atomic E-state index is 6.16. The molecule has 0 aliphatic rings. The quantitative estimate of drug-likeness (QED) is 0.674. The lowest BCUT2D eigenvalue weighted by atomic mass is 10.2. The third kappa shape index (κ3) is 4.17. The summed E-state index contributed by atoms with van der Waals surface area (Å²) in [5.74, 6) is 0. The normalized spacial score (nSPS) is 9.38. The maximum atomic E-state index is 6.16. The van der Waals surface area contributed by atoms with Gasteiger partial charge in [0, 0.05) is 10.7 Å². The van der Waals surface area contributed by atoms with Crippen LogP contribution in [0.3, 0.4) is 0 Å². The summed E-state index contributed by atoms with van der Waals surface area (Å²) in [7, 11) is 0. The molecule has 0 saturated carbocycles. The molecular weight excluding hydrogens is 352 g/mol. The van der Waals surface area contributed by atoms with E-state index in [0.29, 0.717) is 6.54 Å². The van der Waals surface area contributed by atoms with Crippen LogP contribution >= 0.6 is 48.8 Å². The van der Waals surface area contributed by atoms with Gasteiger partial charge in [0.2, 0.25) is 0 Å². The molecule has 3 aromatic rings. The summed E-state index contributed by atoms with van der Waals surface area (Å²) < 4.78 is 2.07. The van der Waals surface area contributed by atoms with Crippen molar-refractivity contribution >= 4 is 65.5 Å². The van der Waals surface area contributed by atoms with Crippen LogP contribution in [0.1, 0.15) is 5.56 Å². The number of halogens is 4. The van der Waals surface area contributed by atoms with Crippen molar-refractivity contribution in [2.75, 3.05) is 5.73 Å². The second-order valence-corrected chi connectivity index (χ2v) is 4.62. The van der Waals surface area contributed by atoms with Gasteiger partial charge in [-0.3, -0.25) is 0 Å². The molecule has 0 amide bonds. The highest BCUT2D eigenvalue weighted by atomic mass is 35.5. The molecule has 0 radical (unpaired) electrons. The highest BCUT2D eigenvalue weighted by Crippen LogP contribution is 2.20. The lowest BCUT2D eigenvalue weighted by Crippen LogP contribution is -1.98. The van der Waals surface area contributed by atoms with Gasteiger partial charge in [0.05, 0.1) is 23.9 Å². The SMILES string of the molecule is Cl.Cl.Cl.Nc1ccc2c(c1)ncn2Cc1ccccc1Cl. The number of benzene rings is 2. The number of nitrogen functional groups attached to an aromatic ring is 1. The molecule has 21 heavy (non-hydrogen) atoms. The van der Waals surface area contributed by atoms with Gasteiger partial charge in [0.15, 0.2) is 0 Å². The first-order chi connectivity index (χ1) is 8.74. The van der Waals surface area contributed by atoms with E-state index in [1.54, 1.807) is 0 Å². The smallest absolute Gasteiger partial charge is 0.0961 e. The number of hydrogen-bond donors (Lipinski definition) is 1. The zero-order chi connectivity index (χ0) is 12.5. The number of imidazole rings is 1. The predicted molar refractivity (Wildman–Crippen MR) is 96.4 cm³/mol. The molecule has 3 rings (SSSR count). The van der Waals surface area contributed by atoms with Crippen LogP contribution in [0, 0.1) is 0 Å². The number of aromatic nitrogens is 2. The molecular formula is C14H15Cl4N3. The molecule has 1 heterocycles. The zero-order valence-electron chi connectivity index (χ0n) is 10.9. The molecule has 3 nitrogen and oxygen atoms in total. The van der Waals surface area contributed by atoms with Gasteiger partial charge in [-0.05, 0) is 29.8 Å². The summed E-state index contributed by atoms with van der Waals surface area (Å²) in [6.45, 7) is 0.708. The van der Waals surface area contributed by atoms with Crippen LogP contribution in [-0.2, 0) is 6.54 Å².